The van der Waals surface area contributed by atoms with Crippen LogP contribution in [0.25, 0.3) is 0 Å². The van der Waals surface area contributed by atoms with Crippen molar-refractivity contribution in [2.24, 2.45) is 5.92 Å². The van der Waals surface area contributed by atoms with Crippen LogP contribution in [0.5, 0.6) is 0 Å². The van der Waals surface area contributed by atoms with Crippen molar-refractivity contribution < 1.29 is 4.79 Å². The molecule has 0 saturated heterocycles. The van der Waals surface area contributed by atoms with Gasteiger partial charge in [-0.05, 0) is 24.5 Å². The van der Waals surface area contributed by atoms with Crippen molar-refractivity contribution in [1.29, 1.82) is 0 Å². The Morgan fingerprint density at radius 1 is 1.22 bits per heavy atom. The molecule has 18 heavy (non-hydrogen) atoms. The van der Waals surface area contributed by atoms with Gasteiger partial charge in [-0.1, -0.05) is 45.7 Å². The summed E-state index contributed by atoms with van der Waals surface area (Å²) in [6.07, 6.45) is 3.93. The predicted molar refractivity (Wildman–Crippen MR) is 78.2 cm³/mol. The Balaban J connectivity index is 2.62. The number of carbonyl (C=O) groups is 1. The summed E-state index contributed by atoms with van der Waals surface area (Å²) in [5.41, 5.74) is 1.88. The number of rotatable bonds is 8. The summed E-state index contributed by atoms with van der Waals surface area (Å²) in [4.78, 5) is 11.8. The largest absolute Gasteiger partial charge is 0.385 e. The van der Waals surface area contributed by atoms with Gasteiger partial charge in [0.15, 0.2) is 5.78 Å². The van der Waals surface area contributed by atoms with Gasteiger partial charge in [-0.15, -0.1) is 0 Å². The van der Waals surface area contributed by atoms with Crippen LogP contribution in [0, 0.1) is 5.92 Å². The predicted octanol–water partition coefficient (Wildman–Crippen LogP) is 4.52. The van der Waals surface area contributed by atoms with Gasteiger partial charge in [0.2, 0.25) is 0 Å². The minimum atomic E-state index is 0.240. The first-order chi connectivity index (χ1) is 8.71. The first-order valence-electron chi connectivity index (χ1n) is 7.08. The monoisotopic (exact) mass is 247 g/mol. The van der Waals surface area contributed by atoms with Crippen molar-refractivity contribution in [1.82, 2.24) is 0 Å². The van der Waals surface area contributed by atoms with E-state index >= 15 is 0 Å². The SMILES string of the molecule is CCCC(=O)c1cccc(NCC(CC)CC)c1. The highest BCUT2D eigenvalue weighted by molar-refractivity contribution is 5.96. The topological polar surface area (TPSA) is 29.1 Å². The molecule has 0 amide bonds. The zero-order valence-electron chi connectivity index (χ0n) is 11.8. The number of hydrogen-bond acceptors (Lipinski definition) is 2. The number of nitrogens with one attached hydrogen (secondary N) is 1. The molecule has 1 rings (SSSR count). The van der Waals surface area contributed by atoms with Crippen LogP contribution in [0.15, 0.2) is 24.3 Å². The van der Waals surface area contributed by atoms with E-state index in [4.69, 9.17) is 0 Å². The highest BCUT2D eigenvalue weighted by atomic mass is 16.1. The van der Waals surface area contributed by atoms with Crippen LogP contribution >= 0.6 is 0 Å². The molecule has 1 aromatic rings. The van der Waals surface area contributed by atoms with E-state index in [9.17, 15) is 4.79 Å². The van der Waals surface area contributed by atoms with E-state index < -0.39 is 0 Å². The van der Waals surface area contributed by atoms with Gasteiger partial charge in [-0.3, -0.25) is 4.79 Å². The number of carbonyl (C=O) groups excluding carboxylic acids is 1. The molecule has 1 N–H and O–H groups in total. The summed E-state index contributed by atoms with van der Waals surface area (Å²) in [5.74, 6) is 0.948. The van der Waals surface area contributed by atoms with Gasteiger partial charge >= 0.3 is 0 Å². The Labute approximate surface area is 111 Å². The van der Waals surface area contributed by atoms with Crippen molar-refractivity contribution in [3.05, 3.63) is 29.8 Å². The fourth-order valence-electron chi connectivity index (χ4n) is 2.01. The lowest BCUT2D eigenvalue weighted by Gasteiger charge is -2.14. The van der Waals surface area contributed by atoms with Gasteiger partial charge in [0.25, 0.3) is 0 Å². The van der Waals surface area contributed by atoms with E-state index in [1.54, 1.807) is 0 Å². The maximum absolute atomic E-state index is 11.8. The van der Waals surface area contributed by atoms with Crippen molar-refractivity contribution in [2.45, 2.75) is 46.5 Å². The summed E-state index contributed by atoms with van der Waals surface area (Å²) in [6.45, 7) is 7.46. The first-order valence-corrected chi connectivity index (χ1v) is 7.08. The molecule has 0 radical (unpaired) electrons. The van der Waals surface area contributed by atoms with Crippen molar-refractivity contribution >= 4 is 11.5 Å². The standard InChI is InChI=1S/C16H25NO/c1-4-8-16(18)14-9-7-10-15(11-14)17-12-13(5-2)6-3/h7,9-11,13,17H,4-6,8,12H2,1-3H3. The smallest absolute Gasteiger partial charge is 0.162 e. The van der Waals surface area contributed by atoms with Crippen LogP contribution in [-0.4, -0.2) is 12.3 Å². The van der Waals surface area contributed by atoms with E-state index in [-0.39, 0.29) is 5.78 Å². The molecule has 0 fully saturated rings. The lowest BCUT2D eigenvalue weighted by molar-refractivity contribution is 0.0982. The second kappa shape index (κ2) is 7.91. The third-order valence-corrected chi connectivity index (χ3v) is 3.41. The third-order valence-electron chi connectivity index (χ3n) is 3.41. The molecular weight excluding hydrogens is 222 g/mol. The molecule has 0 bridgehead atoms. The quantitative estimate of drug-likeness (QED) is 0.684. The highest BCUT2D eigenvalue weighted by Gasteiger charge is 2.06. The molecule has 0 atom stereocenters. The molecule has 0 spiro atoms. The Bertz CT molecular complexity index is 369. The lowest BCUT2D eigenvalue weighted by atomic mass is 10.0. The maximum atomic E-state index is 11.8. The van der Waals surface area contributed by atoms with Gasteiger partial charge in [0.1, 0.15) is 0 Å². The fraction of sp³-hybridized carbons (Fsp3) is 0.562. The molecule has 0 aliphatic carbocycles. The molecular formula is C16H25NO. The number of hydrogen-bond donors (Lipinski definition) is 1. The summed E-state index contributed by atoms with van der Waals surface area (Å²) in [6, 6.07) is 7.86. The van der Waals surface area contributed by atoms with Crippen LogP contribution in [0.3, 0.4) is 0 Å². The fourth-order valence-corrected chi connectivity index (χ4v) is 2.01. The molecule has 100 valence electrons. The molecule has 0 aliphatic heterocycles. The summed E-state index contributed by atoms with van der Waals surface area (Å²) in [7, 11) is 0. The van der Waals surface area contributed by atoms with Crippen molar-refractivity contribution in [3.8, 4) is 0 Å². The van der Waals surface area contributed by atoms with Crippen molar-refractivity contribution in [3.63, 3.8) is 0 Å². The zero-order chi connectivity index (χ0) is 13.4. The Morgan fingerprint density at radius 2 is 1.94 bits per heavy atom. The van der Waals surface area contributed by atoms with Crippen molar-refractivity contribution in [2.75, 3.05) is 11.9 Å². The third kappa shape index (κ3) is 4.52. The average Bonchev–Trinajstić information content (AvgIpc) is 2.40. The van der Waals surface area contributed by atoms with Gasteiger partial charge in [0.05, 0.1) is 0 Å². The van der Waals surface area contributed by atoms with Crippen LogP contribution < -0.4 is 5.32 Å². The maximum Gasteiger partial charge on any atom is 0.162 e. The van der Waals surface area contributed by atoms with Gasteiger partial charge in [-0.25, -0.2) is 0 Å². The number of anilines is 1. The van der Waals surface area contributed by atoms with Crippen LogP contribution in [-0.2, 0) is 0 Å². The van der Waals surface area contributed by atoms with Gasteiger partial charge in [-0.2, -0.15) is 0 Å². The van der Waals surface area contributed by atoms with E-state index in [1.807, 2.05) is 31.2 Å². The number of Topliss-reactive ketones (excluding diaryl/α,β-unsaturated/α-hetero) is 1. The molecule has 2 heteroatoms. The number of ketones is 1. The lowest BCUT2D eigenvalue weighted by Crippen LogP contribution is -2.13. The van der Waals surface area contributed by atoms with E-state index in [2.05, 4.69) is 19.2 Å². The van der Waals surface area contributed by atoms with Crippen LogP contribution in [0.1, 0.15) is 56.8 Å². The highest BCUT2D eigenvalue weighted by Crippen LogP contribution is 2.15. The van der Waals surface area contributed by atoms with Gasteiger partial charge in [0, 0.05) is 24.2 Å². The zero-order valence-corrected chi connectivity index (χ0v) is 11.8. The summed E-state index contributed by atoms with van der Waals surface area (Å²) < 4.78 is 0. The minimum absolute atomic E-state index is 0.240. The minimum Gasteiger partial charge on any atom is -0.385 e. The summed E-state index contributed by atoms with van der Waals surface area (Å²) >= 11 is 0. The second-order valence-electron chi connectivity index (χ2n) is 4.82. The second-order valence-corrected chi connectivity index (χ2v) is 4.82. The molecule has 0 heterocycles. The Hall–Kier alpha value is -1.31. The van der Waals surface area contributed by atoms with Gasteiger partial charge < -0.3 is 5.32 Å². The molecule has 1 aromatic carbocycles. The normalized spacial score (nSPS) is 10.7. The van der Waals surface area contributed by atoms with Crippen LogP contribution in [0.4, 0.5) is 5.69 Å². The average molecular weight is 247 g/mol. The molecule has 0 saturated carbocycles. The first kappa shape index (κ1) is 14.7. The Kier molecular flexibility index (Phi) is 6.48. The molecule has 0 aliphatic rings. The van der Waals surface area contributed by atoms with Crippen LogP contribution in [0.2, 0.25) is 0 Å². The van der Waals surface area contributed by atoms with E-state index in [1.165, 1.54) is 12.8 Å². The summed E-state index contributed by atoms with van der Waals surface area (Å²) in [5, 5.41) is 3.43. The van der Waals surface area contributed by atoms with E-state index in [0.717, 1.165) is 24.2 Å². The number of benzene rings is 1. The molecule has 2 nitrogen and oxygen atoms in total. The Morgan fingerprint density at radius 3 is 2.56 bits per heavy atom. The molecule has 0 unspecified atom stereocenters. The molecule has 0 aromatic heterocycles. The van der Waals surface area contributed by atoms with E-state index in [0.29, 0.717) is 12.3 Å².